The highest BCUT2D eigenvalue weighted by Crippen LogP contribution is 2.09. The van der Waals surface area contributed by atoms with Crippen molar-refractivity contribution >= 4 is 29.4 Å². The van der Waals surface area contributed by atoms with Crippen molar-refractivity contribution in [2.45, 2.75) is 45.4 Å². The average Bonchev–Trinajstić information content (AvgIpc) is 2.55. The van der Waals surface area contributed by atoms with Gasteiger partial charge in [-0.05, 0) is 6.92 Å². The van der Waals surface area contributed by atoms with Crippen LogP contribution in [-0.2, 0) is 14.4 Å². The molecule has 0 radical (unpaired) electrons. The molecule has 0 aromatic heterocycles. The van der Waals surface area contributed by atoms with Crippen LogP contribution in [0.5, 0.6) is 0 Å². The third-order valence-electron chi connectivity index (χ3n) is 3.44. The van der Waals surface area contributed by atoms with Crippen LogP contribution < -0.4 is 0 Å². The van der Waals surface area contributed by atoms with Gasteiger partial charge in [0.15, 0.2) is 5.78 Å². The maximum Gasteiger partial charge on any atom is 0.163 e. The quantitative estimate of drug-likeness (QED) is 0.463. The van der Waals surface area contributed by atoms with Gasteiger partial charge in [0.25, 0.3) is 0 Å². The highest BCUT2D eigenvalue weighted by Gasteiger charge is 2.11. The summed E-state index contributed by atoms with van der Waals surface area (Å²) >= 11 is 0. The predicted molar refractivity (Wildman–Crippen MR) is 84.6 cm³/mol. The Morgan fingerprint density at radius 3 is 1.74 bits per heavy atom. The Hall–Kier alpha value is -2.43. The molecule has 23 heavy (non-hydrogen) atoms. The molecule has 0 aliphatic rings. The van der Waals surface area contributed by atoms with Crippen molar-refractivity contribution in [1.82, 2.24) is 0 Å². The van der Waals surface area contributed by atoms with E-state index < -0.39 is 0 Å². The maximum absolute atomic E-state index is 11.9. The van der Waals surface area contributed by atoms with Crippen molar-refractivity contribution in [3.8, 4) is 0 Å². The van der Waals surface area contributed by atoms with Crippen molar-refractivity contribution < 1.29 is 24.0 Å². The zero-order valence-electron chi connectivity index (χ0n) is 13.2. The van der Waals surface area contributed by atoms with Gasteiger partial charge in [0.05, 0.1) is 0 Å². The fraction of sp³-hybridized carbons (Fsp3) is 0.389. The molecule has 0 N–H and O–H groups in total. The van der Waals surface area contributed by atoms with Crippen LogP contribution in [-0.4, -0.2) is 29.4 Å². The van der Waals surface area contributed by atoms with Crippen molar-refractivity contribution in [3.05, 3.63) is 35.4 Å². The minimum absolute atomic E-state index is 0.0455. The summed E-state index contributed by atoms with van der Waals surface area (Å²) in [6.07, 6.45) is 1.48. The van der Waals surface area contributed by atoms with E-state index >= 15 is 0 Å². The Balaban J connectivity index is 2.31. The van der Waals surface area contributed by atoms with Gasteiger partial charge >= 0.3 is 0 Å². The Labute approximate surface area is 135 Å². The third kappa shape index (κ3) is 7.40. The first kappa shape index (κ1) is 18.6. The van der Waals surface area contributed by atoms with E-state index in [2.05, 4.69) is 0 Å². The molecule has 0 bridgehead atoms. The molecule has 0 saturated carbocycles. The van der Waals surface area contributed by atoms with Crippen molar-refractivity contribution in [3.63, 3.8) is 0 Å². The highest BCUT2D eigenvalue weighted by atomic mass is 16.1. The number of carbonyl (C=O) groups excluding carboxylic acids is 5. The van der Waals surface area contributed by atoms with Gasteiger partial charge in [-0.25, -0.2) is 0 Å². The number of benzene rings is 1. The summed E-state index contributed by atoms with van der Waals surface area (Å²) in [6, 6.07) is 6.22. The number of hydrogen-bond donors (Lipinski definition) is 0. The molecule has 0 unspecified atom stereocenters. The smallest absolute Gasteiger partial charge is 0.163 e. The molecule has 0 aliphatic carbocycles. The fourth-order valence-electron chi connectivity index (χ4n) is 1.99. The molecule has 1 rings (SSSR count). The Morgan fingerprint density at radius 1 is 0.783 bits per heavy atom. The fourth-order valence-corrected chi connectivity index (χ4v) is 1.99. The largest absolute Gasteiger partial charge is 0.300 e. The van der Waals surface area contributed by atoms with Crippen molar-refractivity contribution in [1.29, 1.82) is 0 Å². The van der Waals surface area contributed by atoms with E-state index in [4.69, 9.17) is 0 Å². The number of rotatable bonds is 11. The second kappa shape index (κ2) is 9.56. The van der Waals surface area contributed by atoms with E-state index in [1.165, 1.54) is 6.92 Å². The summed E-state index contributed by atoms with van der Waals surface area (Å²) in [5.74, 6) is -0.460. The van der Waals surface area contributed by atoms with Crippen LogP contribution in [0.2, 0.25) is 0 Å². The number of aldehydes is 1. The van der Waals surface area contributed by atoms with E-state index in [9.17, 15) is 24.0 Å². The Bertz CT molecular complexity index is 598. The molecular weight excluding hydrogens is 296 g/mol. The Kier molecular flexibility index (Phi) is 7.74. The summed E-state index contributed by atoms with van der Waals surface area (Å²) in [5.41, 5.74) is 0.947. The third-order valence-corrected chi connectivity index (χ3v) is 3.44. The highest BCUT2D eigenvalue weighted by molar-refractivity contribution is 5.99. The topological polar surface area (TPSA) is 85.3 Å². The van der Waals surface area contributed by atoms with E-state index in [0.29, 0.717) is 17.4 Å². The Morgan fingerprint density at radius 2 is 1.26 bits per heavy atom. The summed E-state index contributed by atoms with van der Waals surface area (Å²) in [4.78, 5) is 56.4. The molecular formula is C18H20O5. The van der Waals surface area contributed by atoms with Gasteiger partial charge in [0, 0.05) is 49.7 Å². The molecule has 1 aromatic carbocycles. The van der Waals surface area contributed by atoms with Gasteiger partial charge in [0.1, 0.15) is 23.6 Å². The summed E-state index contributed by atoms with van der Waals surface area (Å²) in [7, 11) is 0. The lowest BCUT2D eigenvalue weighted by atomic mass is 10.0. The van der Waals surface area contributed by atoms with Crippen LogP contribution >= 0.6 is 0 Å². The van der Waals surface area contributed by atoms with Crippen LogP contribution in [0, 0.1) is 0 Å². The van der Waals surface area contributed by atoms with E-state index in [1.807, 2.05) is 0 Å². The molecule has 0 aliphatic heterocycles. The SMILES string of the molecule is CC(=O)CCC(=O)CCC(=O)CCC(=O)c1ccc(C=O)cc1. The minimum atomic E-state index is -0.168. The lowest BCUT2D eigenvalue weighted by Gasteiger charge is -2.02. The average molecular weight is 316 g/mol. The second-order valence-electron chi connectivity index (χ2n) is 5.44. The van der Waals surface area contributed by atoms with Gasteiger partial charge in [-0.1, -0.05) is 24.3 Å². The summed E-state index contributed by atoms with van der Waals surface area (Å²) in [6.45, 7) is 1.42. The van der Waals surface area contributed by atoms with Crippen LogP contribution in [0.3, 0.4) is 0 Å². The minimum Gasteiger partial charge on any atom is -0.300 e. The number of Topliss-reactive ketones (excluding diaryl/α,β-unsaturated/α-hetero) is 4. The monoisotopic (exact) mass is 316 g/mol. The molecule has 5 nitrogen and oxygen atoms in total. The first-order chi connectivity index (χ1) is 10.9. The van der Waals surface area contributed by atoms with Gasteiger partial charge in [0.2, 0.25) is 0 Å². The maximum atomic E-state index is 11.9. The van der Waals surface area contributed by atoms with E-state index in [0.717, 1.165) is 0 Å². The number of hydrogen-bond acceptors (Lipinski definition) is 5. The molecule has 0 amide bonds. The van der Waals surface area contributed by atoms with Gasteiger partial charge < -0.3 is 4.79 Å². The summed E-state index contributed by atoms with van der Waals surface area (Å²) in [5, 5.41) is 0. The van der Waals surface area contributed by atoms with Crippen LogP contribution in [0.15, 0.2) is 24.3 Å². The van der Waals surface area contributed by atoms with Crippen LogP contribution in [0.4, 0.5) is 0 Å². The zero-order chi connectivity index (χ0) is 17.2. The standard InChI is InChI=1S/C18H20O5/c1-13(20)2-7-16(21)8-9-17(22)10-11-18(23)15-5-3-14(12-19)4-6-15/h3-6,12H,2,7-11H2,1H3. The van der Waals surface area contributed by atoms with Crippen LogP contribution in [0.1, 0.15) is 66.2 Å². The van der Waals surface area contributed by atoms with Crippen molar-refractivity contribution in [2.75, 3.05) is 0 Å². The molecule has 122 valence electrons. The molecule has 5 heteroatoms. The molecule has 0 saturated heterocycles. The lowest BCUT2D eigenvalue weighted by Crippen LogP contribution is -2.08. The van der Waals surface area contributed by atoms with Gasteiger partial charge in [-0.3, -0.25) is 19.2 Å². The molecule has 0 atom stereocenters. The normalized spacial score (nSPS) is 10.1. The van der Waals surface area contributed by atoms with Crippen LogP contribution in [0.25, 0.3) is 0 Å². The van der Waals surface area contributed by atoms with E-state index in [-0.39, 0.29) is 61.7 Å². The second-order valence-corrected chi connectivity index (χ2v) is 5.44. The van der Waals surface area contributed by atoms with E-state index in [1.54, 1.807) is 24.3 Å². The summed E-state index contributed by atoms with van der Waals surface area (Å²) < 4.78 is 0. The lowest BCUT2D eigenvalue weighted by molar-refractivity contribution is -0.125. The zero-order valence-corrected chi connectivity index (χ0v) is 13.2. The molecule has 0 fully saturated rings. The molecule has 0 heterocycles. The van der Waals surface area contributed by atoms with Gasteiger partial charge in [-0.15, -0.1) is 0 Å². The number of ketones is 4. The van der Waals surface area contributed by atoms with Crippen molar-refractivity contribution in [2.24, 2.45) is 0 Å². The first-order valence-corrected chi connectivity index (χ1v) is 7.53. The molecule has 0 spiro atoms. The number of carbonyl (C=O) groups is 5. The predicted octanol–water partition coefficient (Wildman–Crippen LogP) is 2.75. The van der Waals surface area contributed by atoms with Gasteiger partial charge in [-0.2, -0.15) is 0 Å². The first-order valence-electron chi connectivity index (χ1n) is 7.53. The molecule has 1 aromatic rings.